The molecular weight excluding hydrogens is 324 g/mol. The van der Waals surface area contributed by atoms with Crippen LogP contribution < -0.4 is 25.5 Å². The zero-order chi connectivity index (χ0) is 18.0. The molecule has 1 aliphatic rings. The highest BCUT2D eigenvalue weighted by atomic mass is 16.5. The molecule has 0 aliphatic carbocycles. The minimum absolute atomic E-state index is 0.152. The van der Waals surface area contributed by atoms with Crippen LogP contribution in [0.2, 0.25) is 0 Å². The van der Waals surface area contributed by atoms with Crippen LogP contribution in [0.15, 0.2) is 29.2 Å². The van der Waals surface area contributed by atoms with Crippen LogP contribution in [0.5, 0.6) is 11.5 Å². The quantitative estimate of drug-likeness (QED) is 0.849. The fourth-order valence-electron chi connectivity index (χ4n) is 2.54. The van der Waals surface area contributed by atoms with Crippen LogP contribution in [0.1, 0.15) is 26.0 Å². The number of anilines is 2. The number of nitrogens with one attached hydrogen (secondary N) is 1. The van der Waals surface area contributed by atoms with E-state index in [1.807, 2.05) is 6.92 Å². The van der Waals surface area contributed by atoms with Gasteiger partial charge in [0.2, 0.25) is 5.43 Å². The highest BCUT2D eigenvalue weighted by Crippen LogP contribution is 2.33. The SMILES string of the molecule is CCCOc1c[nH]c(CN2C(=O)C(C)Oc3ccc(N)nc32)cc1=O. The number of H-pyrrole nitrogens is 1. The summed E-state index contributed by atoms with van der Waals surface area (Å²) in [7, 11) is 0. The van der Waals surface area contributed by atoms with Gasteiger partial charge >= 0.3 is 0 Å². The van der Waals surface area contributed by atoms with Crippen LogP contribution in [0.4, 0.5) is 11.6 Å². The van der Waals surface area contributed by atoms with Gasteiger partial charge in [0.15, 0.2) is 23.4 Å². The van der Waals surface area contributed by atoms with Gasteiger partial charge in [-0.2, -0.15) is 0 Å². The molecule has 1 amide bonds. The molecule has 3 N–H and O–H groups in total. The molecule has 0 fully saturated rings. The summed E-state index contributed by atoms with van der Waals surface area (Å²) in [4.78, 5) is 33.3. The number of aromatic nitrogens is 2. The Labute approximate surface area is 144 Å². The van der Waals surface area contributed by atoms with E-state index in [1.165, 1.54) is 17.2 Å². The Hall–Kier alpha value is -3.03. The average molecular weight is 344 g/mol. The molecule has 3 rings (SSSR count). The van der Waals surface area contributed by atoms with Crippen molar-refractivity contribution in [2.75, 3.05) is 17.2 Å². The molecule has 0 bridgehead atoms. The number of rotatable bonds is 5. The molecule has 8 nitrogen and oxygen atoms in total. The van der Waals surface area contributed by atoms with Crippen LogP contribution in [0.25, 0.3) is 0 Å². The van der Waals surface area contributed by atoms with E-state index in [-0.39, 0.29) is 29.4 Å². The highest BCUT2D eigenvalue weighted by Gasteiger charge is 2.33. The molecule has 0 saturated carbocycles. The van der Waals surface area contributed by atoms with Gasteiger partial charge in [0, 0.05) is 18.0 Å². The zero-order valence-corrected chi connectivity index (χ0v) is 14.1. The lowest BCUT2D eigenvalue weighted by atomic mass is 10.2. The molecule has 0 spiro atoms. The predicted octanol–water partition coefficient (Wildman–Crippen LogP) is 1.45. The first-order chi connectivity index (χ1) is 12.0. The third-order valence-corrected chi connectivity index (χ3v) is 3.76. The highest BCUT2D eigenvalue weighted by molar-refractivity contribution is 5.98. The average Bonchev–Trinajstić information content (AvgIpc) is 2.59. The molecule has 0 aromatic carbocycles. The number of ether oxygens (including phenoxy) is 2. The Morgan fingerprint density at radius 1 is 1.40 bits per heavy atom. The molecule has 1 unspecified atom stereocenters. The van der Waals surface area contributed by atoms with E-state index in [0.717, 1.165) is 6.42 Å². The van der Waals surface area contributed by atoms with E-state index in [4.69, 9.17) is 15.2 Å². The number of carbonyl (C=O) groups excluding carboxylic acids is 1. The van der Waals surface area contributed by atoms with E-state index >= 15 is 0 Å². The fourth-order valence-corrected chi connectivity index (χ4v) is 2.54. The summed E-state index contributed by atoms with van der Waals surface area (Å²) in [5, 5.41) is 0. The summed E-state index contributed by atoms with van der Waals surface area (Å²) < 4.78 is 10.9. The van der Waals surface area contributed by atoms with E-state index < -0.39 is 6.10 Å². The topological polar surface area (TPSA) is 111 Å². The molecule has 8 heteroatoms. The van der Waals surface area contributed by atoms with Crippen molar-refractivity contribution in [3.8, 4) is 11.5 Å². The monoisotopic (exact) mass is 344 g/mol. The smallest absolute Gasteiger partial charge is 0.269 e. The van der Waals surface area contributed by atoms with Gasteiger partial charge in [0.1, 0.15) is 5.82 Å². The van der Waals surface area contributed by atoms with Gasteiger partial charge in [-0.3, -0.25) is 14.5 Å². The number of amides is 1. The fraction of sp³-hybridized carbons (Fsp3) is 0.353. The number of nitrogen functional groups attached to an aromatic ring is 1. The standard InChI is InChI=1S/C17H20N4O4/c1-3-6-24-14-8-19-11(7-12(14)22)9-21-16-13(4-5-15(18)20-16)25-10(2)17(21)23/h4-5,7-8,10H,3,6,9H2,1-2H3,(H2,18,20)(H,19,22). The molecule has 2 aromatic rings. The predicted molar refractivity (Wildman–Crippen MR) is 92.8 cm³/mol. The Morgan fingerprint density at radius 2 is 2.20 bits per heavy atom. The zero-order valence-electron chi connectivity index (χ0n) is 14.1. The van der Waals surface area contributed by atoms with E-state index in [9.17, 15) is 9.59 Å². The molecule has 0 saturated heterocycles. The maximum Gasteiger partial charge on any atom is 0.269 e. The lowest BCUT2D eigenvalue weighted by molar-refractivity contribution is -0.125. The van der Waals surface area contributed by atoms with Crippen LogP contribution in [-0.2, 0) is 11.3 Å². The molecule has 2 aromatic heterocycles. The van der Waals surface area contributed by atoms with Gasteiger partial charge in [-0.1, -0.05) is 6.92 Å². The lowest BCUT2D eigenvalue weighted by Crippen LogP contribution is -2.44. The second-order valence-electron chi connectivity index (χ2n) is 5.78. The van der Waals surface area contributed by atoms with Crippen LogP contribution in [-0.4, -0.2) is 28.6 Å². The van der Waals surface area contributed by atoms with E-state index in [0.29, 0.717) is 23.9 Å². The van der Waals surface area contributed by atoms with Crippen molar-refractivity contribution in [1.82, 2.24) is 9.97 Å². The third kappa shape index (κ3) is 3.42. The minimum atomic E-state index is -0.642. The number of nitrogens with zero attached hydrogens (tertiary/aromatic N) is 2. The number of fused-ring (bicyclic) bond motifs is 1. The summed E-state index contributed by atoms with van der Waals surface area (Å²) in [6, 6.07) is 4.71. The Kier molecular flexibility index (Phi) is 4.60. The van der Waals surface area contributed by atoms with Gasteiger partial charge in [0.05, 0.1) is 13.2 Å². The molecule has 0 radical (unpaired) electrons. The first-order valence-electron chi connectivity index (χ1n) is 8.08. The van der Waals surface area contributed by atoms with Gasteiger partial charge in [-0.15, -0.1) is 0 Å². The van der Waals surface area contributed by atoms with Crippen LogP contribution >= 0.6 is 0 Å². The summed E-state index contributed by atoms with van der Waals surface area (Å²) >= 11 is 0. The van der Waals surface area contributed by atoms with Gasteiger partial charge < -0.3 is 20.2 Å². The van der Waals surface area contributed by atoms with Gasteiger partial charge in [0.25, 0.3) is 5.91 Å². The van der Waals surface area contributed by atoms with Gasteiger partial charge in [-0.25, -0.2) is 4.98 Å². The second-order valence-corrected chi connectivity index (χ2v) is 5.78. The largest absolute Gasteiger partial charge is 0.488 e. The van der Waals surface area contributed by atoms with Crippen molar-refractivity contribution in [3.05, 3.63) is 40.3 Å². The van der Waals surface area contributed by atoms with Crippen LogP contribution in [0, 0.1) is 0 Å². The van der Waals surface area contributed by atoms with Crippen molar-refractivity contribution in [2.24, 2.45) is 0 Å². The first-order valence-corrected chi connectivity index (χ1v) is 8.08. The molecule has 1 aliphatic heterocycles. The van der Waals surface area contributed by atoms with Crippen LogP contribution in [0.3, 0.4) is 0 Å². The van der Waals surface area contributed by atoms with Crippen molar-refractivity contribution in [2.45, 2.75) is 32.9 Å². The summed E-state index contributed by atoms with van der Waals surface area (Å²) in [6.07, 6.45) is 1.68. The molecule has 3 heterocycles. The Balaban J connectivity index is 1.89. The number of hydrogen-bond donors (Lipinski definition) is 2. The molecule has 132 valence electrons. The number of carbonyl (C=O) groups is 1. The second kappa shape index (κ2) is 6.84. The molecular formula is C17H20N4O4. The minimum Gasteiger partial charge on any atom is -0.488 e. The van der Waals surface area contributed by atoms with E-state index in [1.54, 1.807) is 19.1 Å². The first kappa shape index (κ1) is 16.8. The van der Waals surface area contributed by atoms with Crippen molar-refractivity contribution < 1.29 is 14.3 Å². The van der Waals surface area contributed by atoms with E-state index in [2.05, 4.69) is 9.97 Å². The molecule has 1 atom stereocenters. The number of pyridine rings is 2. The Bertz CT molecular complexity index is 849. The summed E-state index contributed by atoms with van der Waals surface area (Å²) in [5.74, 6) is 1.11. The van der Waals surface area contributed by atoms with Gasteiger partial charge in [-0.05, 0) is 25.5 Å². The van der Waals surface area contributed by atoms with Crippen molar-refractivity contribution in [3.63, 3.8) is 0 Å². The molecule has 25 heavy (non-hydrogen) atoms. The van der Waals surface area contributed by atoms with Crippen molar-refractivity contribution in [1.29, 1.82) is 0 Å². The lowest BCUT2D eigenvalue weighted by Gasteiger charge is -2.31. The Morgan fingerprint density at radius 3 is 2.92 bits per heavy atom. The third-order valence-electron chi connectivity index (χ3n) is 3.76. The summed E-state index contributed by atoms with van der Waals surface area (Å²) in [5.41, 5.74) is 6.05. The maximum atomic E-state index is 12.5. The number of aromatic amines is 1. The number of hydrogen-bond acceptors (Lipinski definition) is 6. The maximum absolute atomic E-state index is 12.5. The van der Waals surface area contributed by atoms with Crippen molar-refractivity contribution >= 4 is 17.5 Å². The number of nitrogens with two attached hydrogens (primary N) is 1. The normalized spacial score (nSPS) is 16.3. The summed E-state index contributed by atoms with van der Waals surface area (Å²) in [6.45, 7) is 4.25.